The normalized spacial score (nSPS) is 31.5. The van der Waals surface area contributed by atoms with Crippen molar-refractivity contribution in [3.8, 4) is 0 Å². The van der Waals surface area contributed by atoms with Gasteiger partial charge in [0.25, 0.3) is 0 Å². The largest absolute Gasteiger partial charge is 0.444 e. The minimum atomic E-state index is 0.182. The fourth-order valence-electron chi connectivity index (χ4n) is 2.74. The van der Waals surface area contributed by atoms with Crippen LogP contribution in [0.15, 0.2) is 10.6 Å². The van der Waals surface area contributed by atoms with E-state index in [1.54, 1.807) is 6.20 Å². The van der Waals surface area contributed by atoms with Crippen LogP contribution in [0.1, 0.15) is 44.9 Å². The Bertz CT molecular complexity index is 390. The molecule has 2 heterocycles. The molecule has 18 heavy (non-hydrogen) atoms. The summed E-state index contributed by atoms with van der Waals surface area (Å²) in [6, 6.07) is 1.36. The second-order valence-corrected chi connectivity index (χ2v) is 5.81. The van der Waals surface area contributed by atoms with Crippen LogP contribution < -0.4 is 5.32 Å². The third-order valence-corrected chi connectivity index (χ3v) is 4.08. The summed E-state index contributed by atoms with van der Waals surface area (Å²) in [6.07, 6.45) is 2.97. The van der Waals surface area contributed by atoms with E-state index in [9.17, 15) is 0 Å². The van der Waals surface area contributed by atoms with Crippen molar-refractivity contribution in [2.75, 3.05) is 13.6 Å². The Kier molecular flexibility index (Phi) is 4.07. The third kappa shape index (κ3) is 2.93. The molecule has 1 aliphatic rings. The first-order valence-corrected chi connectivity index (χ1v) is 6.86. The number of piperidine rings is 1. The molecule has 1 fully saturated rings. The summed E-state index contributed by atoms with van der Waals surface area (Å²) in [5.74, 6) is 2.33. The molecule has 102 valence electrons. The molecule has 0 radical (unpaired) electrons. The molecule has 4 unspecified atom stereocenters. The maximum Gasteiger partial charge on any atom is 0.211 e. The molecule has 0 aliphatic carbocycles. The van der Waals surface area contributed by atoms with E-state index < -0.39 is 0 Å². The Balaban J connectivity index is 1.96. The van der Waals surface area contributed by atoms with Gasteiger partial charge in [-0.15, -0.1) is 0 Å². The SMILES string of the molecule is Cc1cnc(C(C)NC2CC(C)N(C)CC2C)o1. The van der Waals surface area contributed by atoms with Crippen LogP contribution in [-0.4, -0.2) is 35.6 Å². The van der Waals surface area contributed by atoms with Crippen LogP contribution in [0.5, 0.6) is 0 Å². The molecule has 0 bridgehead atoms. The lowest BCUT2D eigenvalue weighted by Crippen LogP contribution is -2.51. The molecule has 1 aromatic rings. The molecule has 0 spiro atoms. The van der Waals surface area contributed by atoms with Crippen molar-refractivity contribution in [1.29, 1.82) is 0 Å². The van der Waals surface area contributed by atoms with Gasteiger partial charge in [0.15, 0.2) is 0 Å². The number of hydrogen-bond donors (Lipinski definition) is 1. The molecule has 0 aromatic carbocycles. The standard InChI is InChI=1S/C14H25N3O/c1-9-8-17(5)10(2)6-13(9)16-12(4)14-15-7-11(3)18-14/h7,9-10,12-13,16H,6,8H2,1-5H3. The first-order chi connectivity index (χ1) is 8.47. The average Bonchev–Trinajstić information content (AvgIpc) is 2.73. The topological polar surface area (TPSA) is 41.3 Å². The lowest BCUT2D eigenvalue weighted by atomic mass is 9.89. The van der Waals surface area contributed by atoms with Crippen molar-refractivity contribution in [3.63, 3.8) is 0 Å². The number of likely N-dealkylation sites (tertiary alicyclic amines) is 1. The van der Waals surface area contributed by atoms with E-state index in [-0.39, 0.29) is 6.04 Å². The predicted molar refractivity (Wildman–Crippen MR) is 72.5 cm³/mol. The van der Waals surface area contributed by atoms with E-state index >= 15 is 0 Å². The van der Waals surface area contributed by atoms with Gasteiger partial charge in [-0.1, -0.05) is 6.92 Å². The molecule has 4 nitrogen and oxygen atoms in total. The third-order valence-electron chi connectivity index (χ3n) is 4.08. The van der Waals surface area contributed by atoms with Crippen molar-refractivity contribution in [2.24, 2.45) is 5.92 Å². The van der Waals surface area contributed by atoms with E-state index in [4.69, 9.17) is 4.42 Å². The van der Waals surface area contributed by atoms with Gasteiger partial charge < -0.3 is 14.6 Å². The number of nitrogens with zero attached hydrogens (tertiary/aromatic N) is 2. The van der Waals surface area contributed by atoms with Crippen molar-refractivity contribution >= 4 is 0 Å². The number of hydrogen-bond acceptors (Lipinski definition) is 4. The Hall–Kier alpha value is -0.870. The fourth-order valence-corrected chi connectivity index (χ4v) is 2.74. The van der Waals surface area contributed by atoms with Gasteiger partial charge in [-0.3, -0.25) is 0 Å². The summed E-state index contributed by atoms with van der Waals surface area (Å²) >= 11 is 0. The first-order valence-electron chi connectivity index (χ1n) is 6.86. The Morgan fingerprint density at radius 1 is 1.50 bits per heavy atom. The summed E-state index contributed by atoms with van der Waals surface area (Å²) < 4.78 is 5.59. The van der Waals surface area contributed by atoms with Gasteiger partial charge in [0, 0.05) is 18.6 Å². The van der Waals surface area contributed by atoms with Crippen molar-refractivity contribution in [3.05, 3.63) is 17.8 Å². The monoisotopic (exact) mass is 251 g/mol. The minimum Gasteiger partial charge on any atom is -0.444 e. The number of aryl methyl sites for hydroxylation is 1. The summed E-state index contributed by atoms with van der Waals surface area (Å²) in [7, 11) is 2.21. The van der Waals surface area contributed by atoms with Gasteiger partial charge in [-0.25, -0.2) is 4.98 Å². The van der Waals surface area contributed by atoms with Gasteiger partial charge >= 0.3 is 0 Å². The van der Waals surface area contributed by atoms with Crippen molar-refractivity contribution in [2.45, 2.75) is 52.2 Å². The van der Waals surface area contributed by atoms with Gasteiger partial charge in [-0.05, 0) is 40.2 Å². The predicted octanol–water partition coefficient (Wildman–Crippen LogP) is 2.36. The lowest BCUT2D eigenvalue weighted by Gasteiger charge is -2.40. The van der Waals surface area contributed by atoms with E-state index in [0.29, 0.717) is 18.0 Å². The van der Waals surface area contributed by atoms with Crippen LogP contribution in [0.4, 0.5) is 0 Å². The Morgan fingerprint density at radius 2 is 2.22 bits per heavy atom. The molecule has 4 atom stereocenters. The highest BCUT2D eigenvalue weighted by molar-refractivity contribution is 4.97. The van der Waals surface area contributed by atoms with Crippen LogP contribution in [0.2, 0.25) is 0 Å². The van der Waals surface area contributed by atoms with E-state index in [1.807, 2.05) is 6.92 Å². The summed E-state index contributed by atoms with van der Waals surface area (Å²) in [5.41, 5.74) is 0. The molecular formula is C14H25N3O. The van der Waals surface area contributed by atoms with Crippen LogP contribution in [0.25, 0.3) is 0 Å². The van der Waals surface area contributed by atoms with Gasteiger partial charge in [0.05, 0.1) is 12.2 Å². The molecule has 4 heteroatoms. The molecular weight excluding hydrogens is 226 g/mol. The van der Waals surface area contributed by atoms with Crippen molar-refractivity contribution in [1.82, 2.24) is 15.2 Å². The quantitative estimate of drug-likeness (QED) is 0.895. The van der Waals surface area contributed by atoms with Crippen LogP contribution in [-0.2, 0) is 0 Å². The zero-order chi connectivity index (χ0) is 13.3. The fraction of sp³-hybridized carbons (Fsp3) is 0.786. The van der Waals surface area contributed by atoms with Crippen LogP contribution in [0.3, 0.4) is 0 Å². The van der Waals surface area contributed by atoms with E-state index in [1.165, 1.54) is 6.42 Å². The van der Waals surface area contributed by atoms with Gasteiger partial charge in [0.1, 0.15) is 5.76 Å². The maximum atomic E-state index is 5.59. The molecule has 0 saturated carbocycles. The molecule has 1 N–H and O–H groups in total. The maximum absolute atomic E-state index is 5.59. The van der Waals surface area contributed by atoms with Crippen LogP contribution >= 0.6 is 0 Å². The smallest absolute Gasteiger partial charge is 0.211 e. The highest BCUT2D eigenvalue weighted by Gasteiger charge is 2.30. The zero-order valence-electron chi connectivity index (χ0n) is 12.1. The Morgan fingerprint density at radius 3 is 2.83 bits per heavy atom. The highest BCUT2D eigenvalue weighted by Crippen LogP contribution is 2.23. The van der Waals surface area contributed by atoms with Crippen molar-refractivity contribution < 1.29 is 4.42 Å². The minimum absolute atomic E-state index is 0.182. The average molecular weight is 251 g/mol. The number of nitrogens with one attached hydrogen (secondary N) is 1. The second-order valence-electron chi connectivity index (χ2n) is 5.81. The lowest BCUT2D eigenvalue weighted by molar-refractivity contribution is 0.114. The van der Waals surface area contributed by atoms with E-state index in [0.717, 1.165) is 18.2 Å². The number of aromatic nitrogens is 1. The summed E-state index contributed by atoms with van der Waals surface area (Å²) in [6.45, 7) is 9.81. The summed E-state index contributed by atoms with van der Waals surface area (Å²) in [4.78, 5) is 6.73. The Labute approximate surface area is 110 Å². The number of rotatable bonds is 3. The number of oxazole rings is 1. The van der Waals surface area contributed by atoms with Gasteiger partial charge in [0.2, 0.25) is 5.89 Å². The molecule has 2 rings (SSSR count). The molecule has 1 aliphatic heterocycles. The molecule has 1 aromatic heterocycles. The molecule has 0 amide bonds. The highest BCUT2D eigenvalue weighted by atomic mass is 16.4. The van der Waals surface area contributed by atoms with Crippen LogP contribution in [0, 0.1) is 12.8 Å². The molecule has 1 saturated heterocycles. The zero-order valence-corrected chi connectivity index (χ0v) is 12.1. The van der Waals surface area contributed by atoms with E-state index in [2.05, 4.69) is 43.0 Å². The second kappa shape index (κ2) is 5.41. The first kappa shape index (κ1) is 13.6. The summed E-state index contributed by atoms with van der Waals surface area (Å²) in [5, 5.41) is 3.67. The van der Waals surface area contributed by atoms with Gasteiger partial charge in [-0.2, -0.15) is 0 Å².